The van der Waals surface area contributed by atoms with E-state index >= 15 is 0 Å². The van der Waals surface area contributed by atoms with Crippen molar-refractivity contribution in [3.63, 3.8) is 0 Å². The summed E-state index contributed by atoms with van der Waals surface area (Å²) in [5.74, 6) is 2.54. The summed E-state index contributed by atoms with van der Waals surface area (Å²) in [6.45, 7) is 3.67. The van der Waals surface area contributed by atoms with Crippen molar-refractivity contribution in [2.75, 3.05) is 26.3 Å². The number of ether oxygens (including phenoxy) is 1. The van der Waals surface area contributed by atoms with Crippen LogP contribution in [0, 0.1) is 0 Å². The monoisotopic (exact) mass is 223 g/mol. The minimum Gasteiger partial charge on any atom is -0.381 e. The fraction of sp³-hybridized carbons (Fsp3) is 0.818. The van der Waals surface area contributed by atoms with Crippen molar-refractivity contribution in [3.05, 3.63) is 11.7 Å². The summed E-state index contributed by atoms with van der Waals surface area (Å²) < 4.78 is 10.7. The summed E-state index contributed by atoms with van der Waals surface area (Å²) in [6, 6.07) is 0. The quantitative estimate of drug-likeness (QED) is 0.811. The molecule has 0 aromatic carbocycles. The Labute approximate surface area is 94.6 Å². The summed E-state index contributed by atoms with van der Waals surface area (Å²) in [5.41, 5.74) is 0. The van der Waals surface area contributed by atoms with Crippen molar-refractivity contribution in [3.8, 4) is 0 Å². The van der Waals surface area contributed by atoms with Gasteiger partial charge in [0.05, 0.1) is 0 Å². The summed E-state index contributed by atoms with van der Waals surface area (Å²) in [7, 11) is 0. The van der Waals surface area contributed by atoms with Crippen LogP contribution in [-0.2, 0) is 4.74 Å². The molecule has 88 valence electrons. The Morgan fingerprint density at radius 2 is 2.00 bits per heavy atom. The standard InChI is InChI=1S/C11H17N3O2/c1-4-12-7-9(1)10-13-11(16-14-10)8-2-5-15-6-3-8/h8-9,12H,1-7H2. The normalized spacial score (nSPS) is 27.4. The molecule has 5 heteroatoms. The first-order valence-electron chi connectivity index (χ1n) is 6.05. The molecule has 0 radical (unpaired) electrons. The van der Waals surface area contributed by atoms with Crippen molar-refractivity contribution in [2.45, 2.75) is 31.1 Å². The minimum atomic E-state index is 0.407. The molecule has 0 saturated carbocycles. The lowest BCUT2D eigenvalue weighted by molar-refractivity contribution is 0.0778. The molecule has 0 amide bonds. The van der Waals surface area contributed by atoms with Crippen molar-refractivity contribution in [1.82, 2.24) is 15.5 Å². The summed E-state index contributed by atoms with van der Waals surface area (Å²) in [6.07, 6.45) is 3.13. The van der Waals surface area contributed by atoms with E-state index < -0.39 is 0 Å². The molecule has 16 heavy (non-hydrogen) atoms. The average Bonchev–Trinajstić information content (AvgIpc) is 3.01. The van der Waals surface area contributed by atoms with Crippen LogP contribution < -0.4 is 5.32 Å². The Bertz CT molecular complexity index is 341. The Kier molecular flexibility index (Phi) is 2.88. The van der Waals surface area contributed by atoms with Crippen LogP contribution in [0.3, 0.4) is 0 Å². The first-order valence-corrected chi connectivity index (χ1v) is 6.05. The van der Waals surface area contributed by atoms with Gasteiger partial charge in [-0.2, -0.15) is 4.98 Å². The van der Waals surface area contributed by atoms with Gasteiger partial charge in [-0.15, -0.1) is 0 Å². The van der Waals surface area contributed by atoms with E-state index in [1.54, 1.807) is 0 Å². The number of rotatable bonds is 2. The lowest BCUT2D eigenvalue weighted by Gasteiger charge is -2.18. The van der Waals surface area contributed by atoms with Crippen LogP contribution in [0.15, 0.2) is 4.52 Å². The predicted molar refractivity (Wildman–Crippen MR) is 57.3 cm³/mol. The molecule has 1 aromatic rings. The smallest absolute Gasteiger partial charge is 0.229 e. The Hall–Kier alpha value is -0.940. The van der Waals surface area contributed by atoms with E-state index in [4.69, 9.17) is 9.26 Å². The topological polar surface area (TPSA) is 60.2 Å². The largest absolute Gasteiger partial charge is 0.381 e. The van der Waals surface area contributed by atoms with Crippen LogP contribution >= 0.6 is 0 Å². The second-order valence-corrected chi connectivity index (χ2v) is 4.57. The van der Waals surface area contributed by atoms with Crippen LogP contribution in [0.1, 0.15) is 42.8 Å². The Morgan fingerprint density at radius 3 is 2.75 bits per heavy atom. The highest BCUT2D eigenvalue weighted by Crippen LogP contribution is 2.27. The molecule has 2 saturated heterocycles. The number of aromatic nitrogens is 2. The molecule has 3 rings (SSSR count). The van der Waals surface area contributed by atoms with Crippen LogP contribution in [0.25, 0.3) is 0 Å². The van der Waals surface area contributed by atoms with Crippen LogP contribution in [0.2, 0.25) is 0 Å². The van der Waals surface area contributed by atoms with Crippen molar-refractivity contribution in [1.29, 1.82) is 0 Å². The van der Waals surface area contributed by atoms with Gasteiger partial charge in [0.25, 0.3) is 0 Å². The zero-order valence-electron chi connectivity index (χ0n) is 9.32. The van der Waals surface area contributed by atoms with Gasteiger partial charge in [0, 0.05) is 31.6 Å². The Balaban J connectivity index is 1.71. The van der Waals surface area contributed by atoms with E-state index in [1.165, 1.54) is 0 Å². The molecule has 3 heterocycles. The van der Waals surface area contributed by atoms with E-state index in [-0.39, 0.29) is 0 Å². The molecule has 5 nitrogen and oxygen atoms in total. The summed E-state index contributed by atoms with van der Waals surface area (Å²) in [5, 5.41) is 7.42. The maximum atomic E-state index is 5.37. The molecule has 0 aliphatic carbocycles. The molecule has 0 bridgehead atoms. The number of nitrogens with one attached hydrogen (secondary N) is 1. The maximum absolute atomic E-state index is 5.37. The van der Waals surface area contributed by atoms with Gasteiger partial charge in [0.1, 0.15) is 0 Å². The highest BCUT2D eigenvalue weighted by Gasteiger charge is 2.26. The van der Waals surface area contributed by atoms with E-state index in [9.17, 15) is 0 Å². The molecular formula is C11H17N3O2. The second-order valence-electron chi connectivity index (χ2n) is 4.57. The zero-order chi connectivity index (χ0) is 10.8. The highest BCUT2D eigenvalue weighted by molar-refractivity contribution is 5.02. The van der Waals surface area contributed by atoms with E-state index in [1.807, 2.05) is 0 Å². The lowest BCUT2D eigenvalue weighted by Crippen LogP contribution is -2.14. The SMILES string of the molecule is C1CC(c2noc(C3CCOCC3)n2)CN1. The molecule has 0 spiro atoms. The van der Waals surface area contributed by atoms with Crippen LogP contribution in [-0.4, -0.2) is 36.4 Å². The molecule has 1 aromatic heterocycles. The van der Waals surface area contributed by atoms with Gasteiger partial charge in [-0.25, -0.2) is 0 Å². The van der Waals surface area contributed by atoms with Crippen molar-refractivity contribution in [2.24, 2.45) is 0 Å². The van der Waals surface area contributed by atoms with Gasteiger partial charge in [-0.3, -0.25) is 0 Å². The number of hydrogen-bond acceptors (Lipinski definition) is 5. The third kappa shape index (κ3) is 1.97. The van der Waals surface area contributed by atoms with Crippen LogP contribution in [0.4, 0.5) is 0 Å². The zero-order valence-corrected chi connectivity index (χ0v) is 9.32. The van der Waals surface area contributed by atoms with Crippen LogP contribution in [0.5, 0.6) is 0 Å². The minimum absolute atomic E-state index is 0.407. The third-order valence-corrected chi connectivity index (χ3v) is 3.45. The first kappa shape index (κ1) is 10.2. The first-order chi connectivity index (χ1) is 7.93. The van der Waals surface area contributed by atoms with Gasteiger partial charge >= 0.3 is 0 Å². The molecule has 2 aliphatic rings. The van der Waals surface area contributed by atoms with Gasteiger partial charge in [0.2, 0.25) is 5.89 Å². The van der Waals surface area contributed by atoms with Gasteiger partial charge in [-0.05, 0) is 25.8 Å². The van der Waals surface area contributed by atoms with Crippen molar-refractivity contribution >= 4 is 0 Å². The molecule has 1 atom stereocenters. The lowest BCUT2D eigenvalue weighted by atomic mass is 10.0. The summed E-state index contributed by atoms with van der Waals surface area (Å²) in [4.78, 5) is 4.54. The fourth-order valence-corrected chi connectivity index (χ4v) is 2.40. The second kappa shape index (κ2) is 4.51. The highest BCUT2D eigenvalue weighted by atomic mass is 16.5. The predicted octanol–water partition coefficient (Wildman–Crippen LogP) is 1.04. The summed E-state index contributed by atoms with van der Waals surface area (Å²) >= 11 is 0. The molecule has 2 fully saturated rings. The van der Waals surface area contributed by atoms with Crippen molar-refractivity contribution < 1.29 is 9.26 Å². The van der Waals surface area contributed by atoms with E-state index in [2.05, 4.69) is 15.5 Å². The van der Waals surface area contributed by atoms with Gasteiger partial charge < -0.3 is 14.6 Å². The third-order valence-electron chi connectivity index (χ3n) is 3.45. The fourth-order valence-electron chi connectivity index (χ4n) is 2.40. The van der Waals surface area contributed by atoms with E-state index in [0.29, 0.717) is 11.8 Å². The van der Waals surface area contributed by atoms with Gasteiger partial charge in [-0.1, -0.05) is 5.16 Å². The number of nitrogens with zero attached hydrogens (tertiary/aromatic N) is 2. The molecule has 1 unspecified atom stereocenters. The maximum Gasteiger partial charge on any atom is 0.229 e. The molecular weight excluding hydrogens is 206 g/mol. The molecule has 2 aliphatic heterocycles. The number of hydrogen-bond donors (Lipinski definition) is 1. The Morgan fingerprint density at radius 1 is 1.12 bits per heavy atom. The van der Waals surface area contributed by atoms with E-state index in [0.717, 1.165) is 57.3 Å². The average molecular weight is 223 g/mol. The van der Waals surface area contributed by atoms with Gasteiger partial charge in [0.15, 0.2) is 5.82 Å². The molecule has 1 N–H and O–H groups in total.